The lowest BCUT2D eigenvalue weighted by Gasteiger charge is -2.14. The molecule has 1 N–H and O–H groups in total. The van der Waals surface area contributed by atoms with E-state index in [4.69, 9.17) is 14.6 Å². The summed E-state index contributed by atoms with van der Waals surface area (Å²) in [5.41, 5.74) is 0.687. The van der Waals surface area contributed by atoms with Gasteiger partial charge in [0.1, 0.15) is 23.8 Å². The van der Waals surface area contributed by atoms with Crippen molar-refractivity contribution in [2.45, 2.75) is 39.0 Å². The largest absolute Gasteiger partial charge is 0.493 e. The van der Waals surface area contributed by atoms with E-state index >= 15 is 0 Å². The number of carboxylic acids is 1. The highest BCUT2D eigenvalue weighted by Crippen LogP contribution is 2.34. The van der Waals surface area contributed by atoms with E-state index in [2.05, 4.69) is 16.8 Å². The fourth-order valence-electron chi connectivity index (χ4n) is 3.32. The predicted molar refractivity (Wildman–Crippen MR) is 117 cm³/mol. The quantitative estimate of drug-likeness (QED) is 0.432. The maximum absolute atomic E-state index is 13.1. The minimum atomic E-state index is -4.57. The van der Waals surface area contributed by atoms with Crippen molar-refractivity contribution in [1.82, 2.24) is 4.98 Å². The van der Waals surface area contributed by atoms with Crippen molar-refractivity contribution < 1.29 is 32.5 Å². The average Bonchev–Trinajstić information content (AvgIpc) is 2.77. The van der Waals surface area contributed by atoms with Gasteiger partial charge in [-0.15, -0.1) is 5.92 Å². The number of carboxylic acid groups (broad SMARTS) is 1. The van der Waals surface area contributed by atoms with Gasteiger partial charge in [-0.05, 0) is 49.2 Å². The van der Waals surface area contributed by atoms with Crippen LogP contribution in [0.4, 0.5) is 13.2 Å². The molecule has 0 fully saturated rings. The minimum Gasteiger partial charge on any atom is -0.493 e. The normalized spacial score (nSPS) is 12.0. The van der Waals surface area contributed by atoms with Crippen molar-refractivity contribution in [2.75, 3.05) is 6.61 Å². The van der Waals surface area contributed by atoms with E-state index in [1.54, 1.807) is 50.2 Å². The summed E-state index contributed by atoms with van der Waals surface area (Å²) in [5, 5.41) is 9.53. The molecule has 0 saturated heterocycles. The number of carbonyl (C=O) groups is 1. The second-order valence-electron chi connectivity index (χ2n) is 7.19. The lowest BCUT2D eigenvalue weighted by atomic mass is 9.96. The highest BCUT2D eigenvalue weighted by atomic mass is 19.4. The molecule has 3 aromatic rings. The van der Waals surface area contributed by atoms with Crippen LogP contribution < -0.4 is 9.47 Å². The first-order valence-corrected chi connectivity index (χ1v) is 10.2. The Kier molecular flexibility index (Phi) is 7.44. The lowest BCUT2D eigenvalue weighted by Crippen LogP contribution is -2.09. The van der Waals surface area contributed by atoms with Crippen LogP contribution in [0.5, 0.6) is 11.5 Å². The Bertz CT molecular complexity index is 1190. The number of halogens is 3. The van der Waals surface area contributed by atoms with Gasteiger partial charge in [0.25, 0.3) is 0 Å². The molecule has 172 valence electrons. The molecule has 1 heterocycles. The smallest absolute Gasteiger partial charge is 0.433 e. The van der Waals surface area contributed by atoms with E-state index in [1.165, 1.54) is 6.07 Å². The second kappa shape index (κ2) is 10.3. The number of ether oxygens (including phenoxy) is 2. The molecule has 1 unspecified atom stereocenters. The standard InChI is InChI=1S/C25H22F3NO4/c1-3-5-18(13-24(30)31)17-7-9-19(10-8-17)33-15-16-6-11-21-20(12-16)22(32-4-2)14-23(29-21)25(26,27)28/h6-12,14,18H,4,13,15H2,1-2H3,(H,30,31). The van der Waals surface area contributed by atoms with Crippen LogP contribution in [0.3, 0.4) is 0 Å². The molecule has 8 heteroatoms. The summed E-state index contributed by atoms with van der Waals surface area (Å²) in [6.45, 7) is 3.75. The number of alkyl halides is 3. The molecular weight excluding hydrogens is 435 g/mol. The third kappa shape index (κ3) is 6.16. The van der Waals surface area contributed by atoms with Crippen LogP contribution >= 0.6 is 0 Å². The number of benzene rings is 2. The van der Waals surface area contributed by atoms with E-state index < -0.39 is 23.8 Å². The number of rotatable bonds is 8. The van der Waals surface area contributed by atoms with Crippen molar-refractivity contribution in [2.24, 2.45) is 0 Å². The highest BCUT2D eigenvalue weighted by molar-refractivity contribution is 5.86. The molecule has 0 aliphatic rings. The van der Waals surface area contributed by atoms with Gasteiger partial charge in [-0.2, -0.15) is 13.2 Å². The zero-order valence-electron chi connectivity index (χ0n) is 18.1. The Hall–Kier alpha value is -3.73. The van der Waals surface area contributed by atoms with E-state index in [-0.39, 0.29) is 30.9 Å². The number of hydrogen-bond acceptors (Lipinski definition) is 4. The van der Waals surface area contributed by atoms with E-state index in [9.17, 15) is 18.0 Å². The minimum absolute atomic E-state index is 0.0929. The summed E-state index contributed by atoms with van der Waals surface area (Å²) in [6.07, 6.45) is -4.66. The first kappa shape index (κ1) is 23.9. The number of aromatic nitrogens is 1. The van der Waals surface area contributed by atoms with Crippen LogP contribution in [0, 0.1) is 11.8 Å². The zero-order valence-corrected chi connectivity index (χ0v) is 18.1. The molecule has 5 nitrogen and oxygen atoms in total. The van der Waals surface area contributed by atoms with Crippen LogP contribution in [0.25, 0.3) is 10.9 Å². The number of pyridine rings is 1. The van der Waals surface area contributed by atoms with Gasteiger partial charge in [0, 0.05) is 11.5 Å². The molecular formula is C25H22F3NO4. The van der Waals surface area contributed by atoms with Crippen molar-refractivity contribution in [3.63, 3.8) is 0 Å². The number of fused-ring (bicyclic) bond motifs is 1. The Labute approximate surface area is 189 Å². The summed E-state index contributed by atoms with van der Waals surface area (Å²) in [7, 11) is 0. The van der Waals surface area contributed by atoms with Gasteiger partial charge >= 0.3 is 12.1 Å². The van der Waals surface area contributed by atoms with Crippen molar-refractivity contribution in [3.8, 4) is 23.3 Å². The van der Waals surface area contributed by atoms with Crippen LogP contribution in [0.15, 0.2) is 48.5 Å². The Morgan fingerprint density at radius 3 is 2.45 bits per heavy atom. The van der Waals surface area contributed by atoms with Gasteiger partial charge in [0.15, 0.2) is 0 Å². The van der Waals surface area contributed by atoms with Crippen molar-refractivity contribution in [3.05, 3.63) is 65.4 Å². The van der Waals surface area contributed by atoms with Gasteiger partial charge in [-0.3, -0.25) is 4.79 Å². The Morgan fingerprint density at radius 2 is 1.85 bits per heavy atom. The third-order valence-corrected chi connectivity index (χ3v) is 4.81. The Morgan fingerprint density at radius 1 is 1.12 bits per heavy atom. The number of nitrogens with zero attached hydrogens (tertiary/aromatic N) is 1. The first-order valence-electron chi connectivity index (χ1n) is 10.2. The van der Waals surface area contributed by atoms with Crippen LogP contribution in [-0.4, -0.2) is 22.7 Å². The summed E-state index contributed by atoms with van der Waals surface area (Å²) < 4.78 is 50.6. The first-order chi connectivity index (χ1) is 15.7. The third-order valence-electron chi connectivity index (χ3n) is 4.81. The van der Waals surface area contributed by atoms with E-state index in [1.807, 2.05) is 0 Å². The van der Waals surface area contributed by atoms with Gasteiger partial charge in [-0.1, -0.05) is 24.1 Å². The lowest BCUT2D eigenvalue weighted by molar-refractivity contribution is -0.141. The summed E-state index contributed by atoms with van der Waals surface area (Å²) in [6, 6.07) is 12.8. The molecule has 3 rings (SSSR count). The monoisotopic (exact) mass is 457 g/mol. The molecule has 1 atom stereocenters. The fourth-order valence-corrected chi connectivity index (χ4v) is 3.32. The predicted octanol–water partition coefficient (Wildman–Crippen LogP) is 5.81. The molecule has 2 aromatic carbocycles. The molecule has 0 saturated carbocycles. The molecule has 33 heavy (non-hydrogen) atoms. The second-order valence-corrected chi connectivity index (χ2v) is 7.19. The summed E-state index contributed by atoms with van der Waals surface area (Å²) in [4.78, 5) is 14.8. The summed E-state index contributed by atoms with van der Waals surface area (Å²) in [5.74, 6) is 4.98. The van der Waals surface area contributed by atoms with Crippen LogP contribution in [0.1, 0.15) is 43.0 Å². The van der Waals surface area contributed by atoms with Crippen LogP contribution in [-0.2, 0) is 17.6 Å². The van der Waals surface area contributed by atoms with E-state index in [0.717, 1.165) is 17.2 Å². The maximum Gasteiger partial charge on any atom is 0.433 e. The molecule has 1 aromatic heterocycles. The molecule has 0 aliphatic carbocycles. The Balaban J connectivity index is 1.79. The maximum atomic E-state index is 13.1. The van der Waals surface area contributed by atoms with Crippen molar-refractivity contribution >= 4 is 16.9 Å². The topological polar surface area (TPSA) is 68.7 Å². The van der Waals surface area contributed by atoms with Crippen LogP contribution in [0.2, 0.25) is 0 Å². The summed E-state index contributed by atoms with van der Waals surface area (Å²) >= 11 is 0. The van der Waals surface area contributed by atoms with Gasteiger partial charge < -0.3 is 14.6 Å². The van der Waals surface area contributed by atoms with E-state index in [0.29, 0.717) is 11.1 Å². The van der Waals surface area contributed by atoms with Gasteiger partial charge in [0.2, 0.25) is 0 Å². The number of hydrogen-bond donors (Lipinski definition) is 1. The molecule has 0 bridgehead atoms. The van der Waals surface area contributed by atoms with Crippen molar-refractivity contribution in [1.29, 1.82) is 0 Å². The fraction of sp³-hybridized carbons (Fsp3) is 0.280. The average molecular weight is 457 g/mol. The SMILES string of the molecule is CC#CC(CC(=O)O)c1ccc(OCc2ccc3nc(C(F)(F)F)cc(OCC)c3c2)cc1. The zero-order chi connectivity index (χ0) is 24.0. The molecule has 0 radical (unpaired) electrons. The molecule has 0 aliphatic heterocycles. The van der Waals surface area contributed by atoms with Gasteiger partial charge in [-0.25, -0.2) is 4.98 Å². The molecule has 0 spiro atoms. The molecule has 0 amide bonds. The number of aliphatic carboxylic acids is 1. The van der Waals surface area contributed by atoms with Gasteiger partial charge in [0.05, 0.1) is 24.5 Å². The highest BCUT2D eigenvalue weighted by Gasteiger charge is 2.33.